The quantitative estimate of drug-likeness (QED) is 0.557. The Bertz CT molecular complexity index is 1280. The smallest absolute Gasteiger partial charge is 0.307 e. The van der Waals surface area contributed by atoms with Crippen molar-refractivity contribution in [2.75, 3.05) is 13.1 Å². The molecule has 10 heteroatoms. The third-order valence-electron chi connectivity index (χ3n) is 5.83. The molecule has 2 aliphatic heterocycles. The topological polar surface area (TPSA) is 79.2 Å². The van der Waals surface area contributed by atoms with Gasteiger partial charge in [-0.1, -0.05) is 23.2 Å². The first-order valence-electron chi connectivity index (χ1n) is 10.3. The van der Waals surface area contributed by atoms with E-state index in [-0.39, 0.29) is 35.2 Å². The number of carbonyl (C=O) groups is 1. The number of amides is 1. The van der Waals surface area contributed by atoms with E-state index in [0.717, 1.165) is 11.0 Å². The highest BCUT2D eigenvalue weighted by Crippen LogP contribution is 2.50. The van der Waals surface area contributed by atoms with Crippen LogP contribution in [-0.2, 0) is 5.79 Å². The van der Waals surface area contributed by atoms with Crippen molar-refractivity contribution in [1.82, 2.24) is 4.90 Å². The van der Waals surface area contributed by atoms with Gasteiger partial charge in [0.2, 0.25) is 0 Å². The maximum absolute atomic E-state index is 15.0. The normalized spacial score (nSPS) is 23.4. The van der Waals surface area contributed by atoms with Gasteiger partial charge in [-0.05, 0) is 48.5 Å². The summed E-state index contributed by atoms with van der Waals surface area (Å²) in [6, 6.07) is 12.2. The standard InChI is InChI=1S/C24H17Cl2F2NO5/c25-13-3-6-16(17(26)7-13)24(12-1-4-14(27)5-2-12)33-21-8-15(18(28)9-22(21)34-24)23(32)29-10-19(30)20(31)11-29/h1-9,19-20,30-31H,10-11H2/t19-,20+,24?. The Labute approximate surface area is 202 Å². The minimum absolute atomic E-state index is 0.00545. The number of aliphatic hydroxyl groups excluding tert-OH is 2. The molecule has 0 radical (unpaired) electrons. The summed E-state index contributed by atoms with van der Waals surface area (Å²) in [5, 5.41) is 20.0. The zero-order valence-electron chi connectivity index (χ0n) is 17.3. The zero-order chi connectivity index (χ0) is 24.2. The molecule has 176 valence electrons. The summed E-state index contributed by atoms with van der Waals surface area (Å²) in [5.41, 5.74) is 0.384. The highest BCUT2D eigenvalue weighted by molar-refractivity contribution is 6.35. The van der Waals surface area contributed by atoms with Gasteiger partial charge in [0, 0.05) is 29.7 Å². The van der Waals surface area contributed by atoms with Crippen LogP contribution in [0.2, 0.25) is 10.0 Å². The molecular weight excluding hydrogens is 491 g/mol. The average molecular weight is 508 g/mol. The number of carbonyl (C=O) groups excluding carboxylic acids is 1. The van der Waals surface area contributed by atoms with Crippen molar-refractivity contribution in [3.63, 3.8) is 0 Å². The molecule has 0 spiro atoms. The summed E-state index contributed by atoms with van der Waals surface area (Å²) in [6.07, 6.45) is -2.22. The Morgan fingerprint density at radius 1 is 0.941 bits per heavy atom. The number of aliphatic hydroxyl groups is 2. The molecule has 2 aliphatic rings. The maximum Gasteiger partial charge on any atom is 0.307 e. The number of likely N-dealkylation sites (tertiary alicyclic amines) is 1. The van der Waals surface area contributed by atoms with Gasteiger partial charge in [0.15, 0.2) is 11.5 Å². The lowest BCUT2D eigenvalue weighted by atomic mass is 9.97. The second-order valence-corrected chi connectivity index (χ2v) is 8.92. The van der Waals surface area contributed by atoms with E-state index in [2.05, 4.69) is 0 Å². The average Bonchev–Trinajstić information content (AvgIpc) is 3.33. The number of nitrogens with zero attached hydrogens (tertiary/aromatic N) is 1. The van der Waals surface area contributed by atoms with Gasteiger partial charge in [0.05, 0.1) is 28.4 Å². The highest BCUT2D eigenvalue weighted by Gasteiger charge is 2.48. The van der Waals surface area contributed by atoms with Gasteiger partial charge in [0.25, 0.3) is 5.91 Å². The number of β-amino-alcohol motifs (C(OH)–C–C–N with tert-alkyl or cyclic N) is 2. The van der Waals surface area contributed by atoms with Crippen molar-refractivity contribution in [1.29, 1.82) is 0 Å². The first-order valence-corrected chi connectivity index (χ1v) is 11.0. The van der Waals surface area contributed by atoms with Crippen molar-refractivity contribution in [2.45, 2.75) is 18.0 Å². The van der Waals surface area contributed by atoms with E-state index in [1.807, 2.05) is 0 Å². The summed E-state index contributed by atoms with van der Waals surface area (Å²) >= 11 is 12.5. The van der Waals surface area contributed by atoms with E-state index in [1.54, 1.807) is 12.1 Å². The van der Waals surface area contributed by atoms with Gasteiger partial charge < -0.3 is 24.6 Å². The molecule has 3 aromatic rings. The lowest BCUT2D eigenvalue weighted by molar-refractivity contribution is -0.0459. The van der Waals surface area contributed by atoms with E-state index in [4.69, 9.17) is 32.7 Å². The number of fused-ring (bicyclic) bond motifs is 1. The molecule has 6 nitrogen and oxygen atoms in total. The fourth-order valence-corrected chi connectivity index (χ4v) is 4.64. The number of rotatable bonds is 3. The third-order valence-corrected chi connectivity index (χ3v) is 6.38. The van der Waals surface area contributed by atoms with Gasteiger partial charge in [0.1, 0.15) is 11.6 Å². The molecule has 1 fully saturated rings. The van der Waals surface area contributed by atoms with Crippen molar-refractivity contribution in [3.05, 3.63) is 93.0 Å². The van der Waals surface area contributed by atoms with Gasteiger partial charge >= 0.3 is 5.79 Å². The lowest BCUT2D eigenvalue weighted by Gasteiger charge is -2.29. The second-order valence-electron chi connectivity index (χ2n) is 8.08. The molecule has 0 aromatic heterocycles. The van der Waals surface area contributed by atoms with E-state index in [1.165, 1.54) is 36.4 Å². The van der Waals surface area contributed by atoms with Crippen molar-refractivity contribution < 1.29 is 33.3 Å². The molecule has 2 heterocycles. The summed E-state index contributed by atoms with van der Waals surface area (Å²) in [5.74, 6) is -3.72. The van der Waals surface area contributed by atoms with Crippen LogP contribution < -0.4 is 9.47 Å². The van der Waals surface area contributed by atoms with E-state index < -0.39 is 35.5 Å². The Hall–Kier alpha value is -2.91. The first kappa shape index (κ1) is 22.9. The molecule has 1 unspecified atom stereocenters. The van der Waals surface area contributed by atoms with Crippen molar-refractivity contribution in [3.8, 4) is 11.5 Å². The monoisotopic (exact) mass is 507 g/mol. The number of hydrogen-bond donors (Lipinski definition) is 2. The summed E-state index contributed by atoms with van der Waals surface area (Å²) < 4.78 is 40.9. The van der Waals surface area contributed by atoms with Crippen LogP contribution in [0.5, 0.6) is 11.5 Å². The number of halogens is 4. The van der Waals surface area contributed by atoms with Crippen LogP contribution in [-0.4, -0.2) is 46.3 Å². The molecule has 1 amide bonds. The van der Waals surface area contributed by atoms with E-state index in [0.29, 0.717) is 16.1 Å². The zero-order valence-corrected chi connectivity index (χ0v) is 18.9. The predicted octanol–water partition coefficient (Wildman–Crippen LogP) is 4.12. The number of hydrogen-bond acceptors (Lipinski definition) is 5. The van der Waals surface area contributed by atoms with Crippen LogP contribution >= 0.6 is 23.2 Å². The lowest BCUT2D eigenvalue weighted by Crippen LogP contribution is -2.37. The van der Waals surface area contributed by atoms with Crippen molar-refractivity contribution >= 4 is 29.1 Å². The minimum atomic E-state index is -1.70. The minimum Gasteiger partial charge on any atom is -0.440 e. The fraction of sp³-hybridized carbons (Fsp3) is 0.208. The molecule has 0 saturated carbocycles. The maximum atomic E-state index is 15.0. The molecule has 34 heavy (non-hydrogen) atoms. The van der Waals surface area contributed by atoms with Crippen LogP contribution in [0.3, 0.4) is 0 Å². The molecular formula is C24H17Cl2F2NO5. The SMILES string of the molecule is O=C(c1cc2c(cc1F)OC(c1ccc(F)cc1)(c1ccc(Cl)cc1Cl)O2)N1C[C@@H](O)[C@@H](O)C1. The molecule has 5 rings (SSSR count). The fourth-order valence-electron chi connectivity index (χ4n) is 4.10. The largest absolute Gasteiger partial charge is 0.440 e. The van der Waals surface area contributed by atoms with Crippen LogP contribution in [0.1, 0.15) is 21.5 Å². The molecule has 0 bridgehead atoms. The summed E-state index contributed by atoms with van der Waals surface area (Å²) in [7, 11) is 0. The van der Waals surface area contributed by atoms with Crippen LogP contribution in [0, 0.1) is 11.6 Å². The highest BCUT2D eigenvalue weighted by atomic mass is 35.5. The Morgan fingerprint density at radius 2 is 1.56 bits per heavy atom. The van der Waals surface area contributed by atoms with Crippen LogP contribution in [0.15, 0.2) is 54.6 Å². The van der Waals surface area contributed by atoms with E-state index >= 15 is 0 Å². The predicted molar refractivity (Wildman–Crippen MR) is 119 cm³/mol. The molecule has 3 aromatic carbocycles. The second kappa shape index (κ2) is 8.39. The number of ether oxygens (including phenoxy) is 2. The Balaban J connectivity index is 1.58. The van der Waals surface area contributed by atoms with Gasteiger partial charge in [-0.15, -0.1) is 0 Å². The molecule has 2 N–H and O–H groups in total. The Kier molecular flexibility index (Phi) is 5.64. The molecule has 3 atom stereocenters. The first-order chi connectivity index (χ1) is 16.2. The third kappa shape index (κ3) is 3.76. The van der Waals surface area contributed by atoms with Crippen LogP contribution in [0.25, 0.3) is 0 Å². The van der Waals surface area contributed by atoms with Gasteiger partial charge in [-0.3, -0.25) is 4.79 Å². The molecule has 1 saturated heterocycles. The van der Waals surface area contributed by atoms with Crippen LogP contribution in [0.4, 0.5) is 8.78 Å². The van der Waals surface area contributed by atoms with E-state index in [9.17, 15) is 23.8 Å². The summed E-state index contributed by atoms with van der Waals surface area (Å²) in [4.78, 5) is 14.0. The molecule has 0 aliphatic carbocycles. The number of benzene rings is 3. The van der Waals surface area contributed by atoms with Gasteiger partial charge in [-0.2, -0.15) is 0 Å². The summed E-state index contributed by atoms with van der Waals surface area (Å²) in [6.45, 7) is -0.262. The van der Waals surface area contributed by atoms with Gasteiger partial charge in [-0.25, -0.2) is 8.78 Å². The Morgan fingerprint density at radius 3 is 2.18 bits per heavy atom. The van der Waals surface area contributed by atoms with Crippen molar-refractivity contribution in [2.24, 2.45) is 0 Å².